The summed E-state index contributed by atoms with van der Waals surface area (Å²) in [5.41, 5.74) is -0.212. The lowest BCUT2D eigenvalue weighted by molar-refractivity contribution is 0.0609. The van der Waals surface area contributed by atoms with Crippen molar-refractivity contribution in [2.45, 2.75) is 26.4 Å². The van der Waals surface area contributed by atoms with Gasteiger partial charge in [-0.25, -0.2) is 4.79 Å². The molecule has 1 heterocycles. The van der Waals surface area contributed by atoms with Crippen LogP contribution in [0.4, 0.5) is 10.5 Å². The zero-order valence-electron chi connectivity index (χ0n) is 10.2. The van der Waals surface area contributed by atoms with Crippen LogP contribution in [0.25, 0.3) is 0 Å². The van der Waals surface area contributed by atoms with Gasteiger partial charge in [0.05, 0.1) is 25.2 Å². The molecule has 0 aliphatic heterocycles. The summed E-state index contributed by atoms with van der Waals surface area (Å²) in [6.07, 6.45) is 2.30. The molecule has 5 nitrogen and oxygen atoms in total. The van der Waals surface area contributed by atoms with E-state index in [1.807, 2.05) is 0 Å². The van der Waals surface area contributed by atoms with E-state index in [4.69, 9.17) is 21.3 Å². The predicted octanol–water partition coefficient (Wildman–Crippen LogP) is 2.99. The number of carbonyl (C=O) groups is 1. The van der Waals surface area contributed by atoms with E-state index in [1.165, 1.54) is 19.5 Å². The van der Waals surface area contributed by atoms with E-state index < -0.39 is 11.7 Å². The van der Waals surface area contributed by atoms with Gasteiger partial charge in [0.2, 0.25) is 0 Å². The van der Waals surface area contributed by atoms with Crippen molar-refractivity contribution in [2.75, 3.05) is 11.5 Å². The van der Waals surface area contributed by atoms with Gasteiger partial charge in [0.15, 0.2) is 0 Å². The summed E-state index contributed by atoms with van der Waals surface area (Å²) in [5, 5.41) is 0. The highest BCUT2D eigenvalue weighted by Gasteiger charge is 2.22. The van der Waals surface area contributed by atoms with Gasteiger partial charge in [-0.15, -0.1) is 0 Å². The zero-order valence-corrected chi connectivity index (χ0v) is 11.0. The van der Waals surface area contributed by atoms with Gasteiger partial charge in [0.25, 0.3) is 0 Å². The summed E-state index contributed by atoms with van der Waals surface area (Å²) < 4.78 is 11.0. The first-order chi connectivity index (χ1) is 7.83. The molecule has 0 aromatic carbocycles. The number of ether oxygens (including phenoxy) is 2. The Hall–Kier alpha value is -1.49. The Kier molecular flexibility index (Phi) is 4.17. The molecular formula is C11H15ClN2O3. The van der Waals surface area contributed by atoms with Crippen LogP contribution >= 0.6 is 11.8 Å². The van der Waals surface area contributed by atoms with Gasteiger partial charge < -0.3 is 9.47 Å². The first-order valence-electron chi connectivity index (χ1n) is 5.01. The number of amides is 1. The van der Waals surface area contributed by atoms with Gasteiger partial charge >= 0.3 is 6.09 Å². The molecule has 0 aliphatic rings. The number of pyridine rings is 1. The van der Waals surface area contributed by atoms with Crippen LogP contribution in [0.2, 0.25) is 0 Å². The fraction of sp³-hybridized carbons (Fsp3) is 0.455. The number of aromatic nitrogens is 1. The molecule has 1 aromatic rings. The Balaban J connectivity index is 2.81. The predicted molar refractivity (Wildman–Crippen MR) is 65.4 cm³/mol. The first-order valence-corrected chi connectivity index (χ1v) is 5.35. The SMILES string of the molecule is COc1cncc(N(Cl)C(=O)OC(C)(C)C)c1. The molecule has 94 valence electrons. The van der Waals surface area contributed by atoms with Crippen molar-refractivity contribution in [3.63, 3.8) is 0 Å². The Morgan fingerprint density at radius 2 is 2.06 bits per heavy atom. The normalized spacial score (nSPS) is 10.9. The molecule has 1 amide bonds. The summed E-state index contributed by atoms with van der Waals surface area (Å²) in [7, 11) is 1.51. The summed E-state index contributed by atoms with van der Waals surface area (Å²) in [5.74, 6) is 0.511. The van der Waals surface area contributed by atoms with Crippen molar-refractivity contribution in [1.82, 2.24) is 4.98 Å². The van der Waals surface area contributed by atoms with Crippen LogP contribution in [0.3, 0.4) is 0 Å². The molecule has 1 rings (SSSR count). The Morgan fingerprint density at radius 1 is 1.41 bits per heavy atom. The topological polar surface area (TPSA) is 51.7 Å². The lowest BCUT2D eigenvalue weighted by Gasteiger charge is -2.22. The van der Waals surface area contributed by atoms with Gasteiger partial charge in [-0.2, -0.15) is 4.42 Å². The van der Waals surface area contributed by atoms with E-state index in [0.717, 1.165) is 4.42 Å². The van der Waals surface area contributed by atoms with Gasteiger partial charge in [0.1, 0.15) is 11.4 Å². The average Bonchev–Trinajstić information content (AvgIpc) is 2.26. The van der Waals surface area contributed by atoms with Crippen molar-refractivity contribution >= 4 is 23.6 Å². The van der Waals surface area contributed by atoms with Crippen molar-refractivity contribution in [3.8, 4) is 5.75 Å². The number of anilines is 1. The highest BCUT2D eigenvalue weighted by Crippen LogP contribution is 2.23. The highest BCUT2D eigenvalue weighted by molar-refractivity contribution is 6.35. The molecule has 0 N–H and O–H groups in total. The number of methoxy groups -OCH3 is 1. The third-order valence-corrected chi connectivity index (χ3v) is 2.05. The molecule has 0 aliphatic carbocycles. The fourth-order valence-corrected chi connectivity index (χ4v) is 1.16. The van der Waals surface area contributed by atoms with Gasteiger partial charge in [-0.3, -0.25) is 4.98 Å². The van der Waals surface area contributed by atoms with Gasteiger partial charge in [-0.1, -0.05) is 0 Å². The van der Waals surface area contributed by atoms with Gasteiger partial charge in [-0.05, 0) is 20.8 Å². The van der Waals surface area contributed by atoms with E-state index in [1.54, 1.807) is 26.8 Å². The molecule has 0 fully saturated rings. The van der Waals surface area contributed by atoms with Crippen LogP contribution in [-0.2, 0) is 4.74 Å². The zero-order chi connectivity index (χ0) is 13.1. The summed E-state index contributed by atoms with van der Waals surface area (Å²) in [4.78, 5) is 15.6. The molecule has 0 saturated carbocycles. The van der Waals surface area contributed by atoms with Crippen LogP contribution in [0.5, 0.6) is 5.75 Å². The van der Waals surface area contributed by atoms with E-state index in [-0.39, 0.29) is 0 Å². The number of carbonyl (C=O) groups excluding carboxylic acids is 1. The number of nitrogens with zero attached hydrogens (tertiary/aromatic N) is 2. The van der Waals surface area contributed by atoms with Crippen molar-refractivity contribution in [1.29, 1.82) is 0 Å². The molecule has 0 radical (unpaired) electrons. The van der Waals surface area contributed by atoms with Crippen LogP contribution in [-0.4, -0.2) is 23.8 Å². The fourth-order valence-electron chi connectivity index (χ4n) is 1.03. The lowest BCUT2D eigenvalue weighted by atomic mass is 10.2. The van der Waals surface area contributed by atoms with Crippen LogP contribution in [0, 0.1) is 0 Å². The van der Waals surface area contributed by atoms with E-state index in [2.05, 4.69) is 4.98 Å². The van der Waals surface area contributed by atoms with Gasteiger partial charge in [0, 0.05) is 17.8 Å². The monoisotopic (exact) mass is 258 g/mol. The molecule has 0 bridgehead atoms. The minimum atomic E-state index is -0.658. The third-order valence-electron chi connectivity index (χ3n) is 1.71. The van der Waals surface area contributed by atoms with Crippen LogP contribution < -0.4 is 9.16 Å². The molecule has 6 heteroatoms. The first kappa shape index (κ1) is 13.6. The third kappa shape index (κ3) is 4.11. The molecule has 0 spiro atoms. The quantitative estimate of drug-likeness (QED) is 0.766. The van der Waals surface area contributed by atoms with E-state index in [0.29, 0.717) is 11.4 Å². The van der Waals surface area contributed by atoms with Crippen LogP contribution in [0.15, 0.2) is 18.5 Å². The maximum absolute atomic E-state index is 11.7. The summed E-state index contributed by atoms with van der Waals surface area (Å²) in [6.45, 7) is 5.29. The molecule has 0 atom stereocenters. The summed E-state index contributed by atoms with van der Waals surface area (Å²) in [6, 6.07) is 1.59. The van der Waals surface area contributed by atoms with E-state index in [9.17, 15) is 4.79 Å². The summed E-state index contributed by atoms with van der Waals surface area (Å²) >= 11 is 5.85. The van der Waals surface area contributed by atoms with Crippen molar-refractivity contribution in [2.24, 2.45) is 0 Å². The highest BCUT2D eigenvalue weighted by atomic mass is 35.5. The molecule has 17 heavy (non-hydrogen) atoms. The standard InChI is InChI=1S/C11H15ClN2O3/c1-11(2,3)17-10(15)14(12)8-5-9(16-4)7-13-6-8/h5-7H,1-4H3. The van der Waals surface area contributed by atoms with Crippen molar-refractivity contribution < 1.29 is 14.3 Å². The number of halogens is 1. The largest absolute Gasteiger partial charge is 0.495 e. The second-order valence-corrected chi connectivity index (χ2v) is 4.68. The number of hydrogen-bond donors (Lipinski definition) is 0. The molecule has 1 aromatic heterocycles. The maximum Gasteiger partial charge on any atom is 0.429 e. The smallest absolute Gasteiger partial charge is 0.429 e. The molecule has 0 unspecified atom stereocenters. The minimum absolute atomic E-state index is 0.389. The number of hydrogen-bond acceptors (Lipinski definition) is 4. The molecule has 0 saturated heterocycles. The Morgan fingerprint density at radius 3 is 2.59 bits per heavy atom. The minimum Gasteiger partial charge on any atom is -0.495 e. The van der Waals surface area contributed by atoms with Crippen LogP contribution in [0.1, 0.15) is 20.8 Å². The average molecular weight is 259 g/mol. The Labute approximate surface area is 105 Å². The molecular weight excluding hydrogens is 244 g/mol. The van der Waals surface area contributed by atoms with E-state index >= 15 is 0 Å². The second-order valence-electron chi connectivity index (χ2n) is 4.34. The maximum atomic E-state index is 11.7. The second kappa shape index (κ2) is 5.23. The Bertz CT molecular complexity index is 404. The van der Waals surface area contributed by atoms with Crippen molar-refractivity contribution in [3.05, 3.63) is 18.5 Å². The number of rotatable bonds is 2. The lowest BCUT2D eigenvalue weighted by Crippen LogP contribution is -2.31.